The molecule has 4 heteroatoms. The molecule has 2 aromatic carbocycles. The van der Waals surface area contributed by atoms with E-state index in [-0.39, 0.29) is 11.0 Å². The van der Waals surface area contributed by atoms with Crippen molar-refractivity contribution in [3.63, 3.8) is 0 Å². The zero-order chi connectivity index (χ0) is 19.3. The topological polar surface area (TPSA) is 50.4 Å². The Balaban J connectivity index is 1.74. The Bertz CT molecular complexity index is 960. The Morgan fingerprint density at radius 3 is 2.21 bits per heavy atom. The summed E-state index contributed by atoms with van der Waals surface area (Å²) in [4.78, 5) is 14.1. The van der Waals surface area contributed by atoms with Gasteiger partial charge < -0.3 is 9.52 Å². The van der Waals surface area contributed by atoms with E-state index in [1.165, 1.54) is 19.3 Å². The van der Waals surface area contributed by atoms with Gasteiger partial charge in [-0.3, -0.25) is 0 Å². The summed E-state index contributed by atoms with van der Waals surface area (Å²) < 4.78 is 5.66. The van der Waals surface area contributed by atoms with Gasteiger partial charge in [0.25, 0.3) is 0 Å². The predicted octanol–water partition coefficient (Wildman–Crippen LogP) is 6.43. The van der Waals surface area contributed by atoms with Gasteiger partial charge in [-0.25, -0.2) is 4.79 Å². The molecule has 0 saturated heterocycles. The monoisotopic (exact) mass is 392 g/mol. The van der Waals surface area contributed by atoms with E-state index >= 15 is 0 Å². The van der Waals surface area contributed by atoms with Crippen LogP contribution in [0.4, 0.5) is 0 Å². The summed E-state index contributed by atoms with van der Waals surface area (Å²) in [6.45, 7) is 0. The highest BCUT2D eigenvalue weighted by molar-refractivity contribution is 7.99. The lowest BCUT2D eigenvalue weighted by atomic mass is 9.84. The van der Waals surface area contributed by atoms with Crippen LogP contribution < -0.4 is 5.63 Å². The van der Waals surface area contributed by atoms with Crippen LogP contribution in [-0.2, 0) is 0 Å². The molecular formula is C24H24O3S. The summed E-state index contributed by atoms with van der Waals surface area (Å²) in [6, 6.07) is 21.1. The van der Waals surface area contributed by atoms with E-state index in [2.05, 4.69) is 12.1 Å². The molecule has 3 aromatic rings. The Morgan fingerprint density at radius 1 is 0.929 bits per heavy atom. The Morgan fingerprint density at radius 2 is 1.57 bits per heavy atom. The molecule has 4 rings (SSSR count). The van der Waals surface area contributed by atoms with E-state index in [4.69, 9.17) is 4.42 Å². The van der Waals surface area contributed by atoms with E-state index in [0.717, 1.165) is 23.3 Å². The number of hydrogen-bond donors (Lipinski definition) is 1. The molecule has 28 heavy (non-hydrogen) atoms. The number of hydrogen-bond acceptors (Lipinski definition) is 4. The molecule has 1 fully saturated rings. The summed E-state index contributed by atoms with van der Waals surface area (Å²) in [5.41, 5.74) is 0.754. The van der Waals surface area contributed by atoms with Crippen LogP contribution in [0.5, 0.6) is 5.75 Å². The zero-order valence-corrected chi connectivity index (χ0v) is 16.5. The Labute approximate surface area is 169 Å². The van der Waals surface area contributed by atoms with Crippen molar-refractivity contribution in [3.8, 4) is 17.1 Å². The van der Waals surface area contributed by atoms with Crippen molar-refractivity contribution in [2.24, 2.45) is 5.92 Å². The van der Waals surface area contributed by atoms with Crippen molar-refractivity contribution < 1.29 is 9.52 Å². The molecule has 0 unspecified atom stereocenters. The fraction of sp³-hybridized carbons (Fsp3) is 0.292. The number of thioether (sulfide) groups is 1. The maximum absolute atomic E-state index is 13.0. The fourth-order valence-corrected chi connectivity index (χ4v) is 5.38. The highest BCUT2D eigenvalue weighted by Crippen LogP contribution is 2.47. The van der Waals surface area contributed by atoms with Gasteiger partial charge in [0, 0.05) is 21.8 Å². The van der Waals surface area contributed by atoms with Crippen molar-refractivity contribution in [2.75, 3.05) is 0 Å². The van der Waals surface area contributed by atoms with Crippen LogP contribution in [0.2, 0.25) is 0 Å². The highest BCUT2D eigenvalue weighted by atomic mass is 32.2. The summed E-state index contributed by atoms with van der Waals surface area (Å²) in [5.74, 6) is 0.795. The maximum Gasteiger partial charge on any atom is 0.344 e. The standard InChI is InChI=1S/C24H24O3S/c25-20-16-21(17-10-4-1-5-11-17)27-24(26)22(20)23(18-12-6-2-7-13-18)28-19-14-8-3-9-15-19/h1,3-5,8-11,14-16,18,23,25H,2,6-7,12-13H2/t23-/m1/s1. The van der Waals surface area contributed by atoms with E-state index in [0.29, 0.717) is 17.2 Å². The summed E-state index contributed by atoms with van der Waals surface area (Å²) in [7, 11) is 0. The van der Waals surface area contributed by atoms with Crippen LogP contribution in [0.25, 0.3) is 11.3 Å². The van der Waals surface area contributed by atoms with Gasteiger partial charge >= 0.3 is 5.63 Å². The second-order valence-electron chi connectivity index (χ2n) is 7.31. The van der Waals surface area contributed by atoms with Gasteiger partial charge in [0.05, 0.1) is 5.56 Å². The molecule has 1 heterocycles. The molecule has 0 radical (unpaired) electrons. The molecule has 0 bridgehead atoms. The predicted molar refractivity (Wildman–Crippen MR) is 114 cm³/mol. The van der Waals surface area contributed by atoms with E-state index in [1.807, 2.05) is 48.5 Å². The summed E-state index contributed by atoms with van der Waals surface area (Å²) >= 11 is 1.66. The average molecular weight is 393 g/mol. The Kier molecular flexibility index (Phi) is 5.87. The molecule has 1 aliphatic rings. The van der Waals surface area contributed by atoms with Gasteiger partial charge in [-0.15, -0.1) is 11.8 Å². The van der Waals surface area contributed by atoms with Gasteiger partial charge in [0.15, 0.2) is 0 Å². The fourth-order valence-electron chi connectivity index (χ4n) is 3.97. The van der Waals surface area contributed by atoms with Crippen molar-refractivity contribution in [1.82, 2.24) is 0 Å². The van der Waals surface area contributed by atoms with E-state index in [1.54, 1.807) is 17.8 Å². The minimum absolute atomic E-state index is 0.0362. The lowest BCUT2D eigenvalue weighted by Crippen LogP contribution is -2.20. The smallest absolute Gasteiger partial charge is 0.344 e. The van der Waals surface area contributed by atoms with Crippen LogP contribution in [0.1, 0.15) is 42.9 Å². The quantitative estimate of drug-likeness (QED) is 0.509. The van der Waals surface area contributed by atoms with Gasteiger partial charge in [-0.2, -0.15) is 0 Å². The van der Waals surface area contributed by atoms with E-state index < -0.39 is 5.63 Å². The summed E-state index contributed by atoms with van der Waals surface area (Å²) in [5, 5.41) is 10.7. The first-order valence-electron chi connectivity index (χ1n) is 9.86. The molecule has 0 amide bonds. The van der Waals surface area contributed by atoms with Crippen molar-refractivity contribution >= 4 is 11.8 Å². The molecule has 1 aliphatic carbocycles. The lowest BCUT2D eigenvalue weighted by molar-refractivity contribution is 0.339. The second kappa shape index (κ2) is 8.70. The molecule has 144 valence electrons. The molecule has 0 aliphatic heterocycles. The van der Waals surface area contributed by atoms with Gasteiger partial charge in [-0.05, 0) is 30.9 Å². The largest absolute Gasteiger partial charge is 0.507 e. The number of rotatable bonds is 5. The molecule has 0 spiro atoms. The van der Waals surface area contributed by atoms with Crippen molar-refractivity contribution in [3.05, 3.63) is 82.7 Å². The zero-order valence-electron chi connectivity index (χ0n) is 15.7. The van der Waals surface area contributed by atoms with Crippen LogP contribution in [0, 0.1) is 5.92 Å². The summed E-state index contributed by atoms with van der Waals surface area (Å²) in [6.07, 6.45) is 5.73. The highest BCUT2D eigenvalue weighted by Gasteiger charge is 2.31. The maximum atomic E-state index is 13.0. The first-order valence-corrected chi connectivity index (χ1v) is 10.7. The lowest BCUT2D eigenvalue weighted by Gasteiger charge is -2.30. The third-order valence-corrected chi connectivity index (χ3v) is 6.81. The van der Waals surface area contributed by atoms with Gasteiger partial charge in [-0.1, -0.05) is 67.8 Å². The molecule has 3 nitrogen and oxygen atoms in total. The van der Waals surface area contributed by atoms with Crippen LogP contribution in [0.3, 0.4) is 0 Å². The Hall–Kier alpha value is -2.46. The minimum Gasteiger partial charge on any atom is -0.507 e. The average Bonchev–Trinajstić information content (AvgIpc) is 2.74. The SMILES string of the molecule is O=c1oc(-c2ccccc2)cc(O)c1[C@H](Sc1ccccc1)C1CCCCC1. The first-order chi connectivity index (χ1) is 13.7. The van der Waals surface area contributed by atoms with Gasteiger partial charge in [0.1, 0.15) is 11.5 Å². The second-order valence-corrected chi connectivity index (χ2v) is 8.53. The van der Waals surface area contributed by atoms with Crippen LogP contribution in [-0.4, -0.2) is 5.11 Å². The first kappa shape index (κ1) is 18.9. The number of benzene rings is 2. The van der Waals surface area contributed by atoms with Crippen LogP contribution >= 0.6 is 11.8 Å². The molecule has 1 atom stereocenters. The third kappa shape index (κ3) is 4.17. The number of aromatic hydroxyl groups is 1. The molecule has 1 aromatic heterocycles. The molecule has 1 N–H and O–H groups in total. The van der Waals surface area contributed by atoms with Crippen molar-refractivity contribution in [1.29, 1.82) is 0 Å². The molecular weight excluding hydrogens is 368 g/mol. The molecule has 1 saturated carbocycles. The van der Waals surface area contributed by atoms with Crippen LogP contribution in [0.15, 0.2) is 80.8 Å². The normalized spacial score (nSPS) is 16.0. The van der Waals surface area contributed by atoms with Gasteiger partial charge in [0.2, 0.25) is 0 Å². The van der Waals surface area contributed by atoms with E-state index in [9.17, 15) is 9.90 Å². The third-order valence-electron chi connectivity index (χ3n) is 5.39. The van der Waals surface area contributed by atoms with Crippen molar-refractivity contribution in [2.45, 2.75) is 42.2 Å². The minimum atomic E-state index is -0.433.